The molecular formula is C16H20ClN3O. The van der Waals surface area contributed by atoms with E-state index in [1.165, 1.54) is 19.3 Å². The summed E-state index contributed by atoms with van der Waals surface area (Å²) >= 11 is 6.46. The number of aromatic nitrogens is 2. The molecule has 0 unspecified atom stereocenters. The normalized spacial score (nSPS) is 16.3. The van der Waals surface area contributed by atoms with E-state index < -0.39 is 0 Å². The van der Waals surface area contributed by atoms with Gasteiger partial charge in [0.25, 0.3) is 5.91 Å². The summed E-state index contributed by atoms with van der Waals surface area (Å²) in [6, 6.07) is 0.273. The minimum atomic E-state index is -0.107. The van der Waals surface area contributed by atoms with E-state index in [0.29, 0.717) is 10.6 Å². The van der Waals surface area contributed by atoms with E-state index in [4.69, 9.17) is 11.6 Å². The van der Waals surface area contributed by atoms with E-state index in [9.17, 15) is 4.79 Å². The summed E-state index contributed by atoms with van der Waals surface area (Å²) in [5, 5.41) is 4.47. The Bertz CT molecular complexity index is 686. The zero-order valence-electron chi connectivity index (χ0n) is 12.4. The van der Waals surface area contributed by atoms with Gasteiger partial charge in [0.1, 0.15) is 5.65 Å². The molecule has 0 aromatic carbocycles. The van der Waals surface area contributed by atoms with Crippen LogP contribution in [-0.4, -0.2) is 21.5 Å². The van der Waals surface area contributed by atoms with Crippen LogP contribution in [0, 0.1) is 6.92 Å². The van der Waals surface area contributed by atoms with Crippen LogP contribution < -0.4 is 5.32 Å². The maximum atomic E-state index is 12.5. The van der Waals surface area contributed by atoms with Gasteiger partial charge in [0, 0.05) is 30.9 Å². The number of carbonyl (C=O) groups is 1. The van der Waals surface area contributed by atoms with E-state index in [-0.39, 0.29) is 11.9 Å². The predicted octanol–water partition coefficient (Wildman–Crippen LogP) is 3.60. The molecule has 1 saturated carbocycles. The number of hydrogen-bond donors (Lipinski definition) is 1. The van der Waals surface area contributed by atoms with Gasteiger partial charge in [0.2, 0.25) is 0 Å². The second-order valence-corrected chi connectivity index (χ2v) is 6.29. The number of nitrogens with zero attached hydrogens (tertiary/aromatic N) is 2. The number of nitrogens with one attached hydrogen (secondary N) is 1. The fourth-order valence-corrected chi connectivity index (χ4v) is 3.55. The smallest absolute Gasteiger partial charge is 0.254 e. The predicted molar refractivity (Wildman–Crippen MR) is 84.8 cm³/mol. The van der Waals surface area contributed by atoms with Crippen LogP contribution >= 0.6 is 11.6 Å². The van der Waals surface area contributed by atoms with Crippen LogP contribution in [0.3, 0.4) is 0 Å². The van der Waals surface area contributed by atoms with Gasteiger partial charge in [-0.15, -0.1) is 0 Å². The summed E-state index contributed by atoms with van der Waals surface area (Å²) in [5.74, 6) is -0.107. The number of halogens is 1. The number of carbonyl (C=O) groups excluding carboxylic acids is 1. The lowest BCUT2D eigenvalue weighted by atomic mass is 9.95. The Labute approximate surface area is 129 Å². The van der Waals surface area contributed by atoms with Crippen molar-refractivity contribution in [2.75, 3.05) is 0 Å². The minimum Gasteiger partial charge on any atom is -0.349 e. The number of hydrogen-bond acceptors (Lipinski definition) is 2. The van der Waals surface area contributed by atoms with Crippen molar-refractivity contribution in [3.63, 3.8) is 0 Å². The Morgan fingerprint density at radius 1 is 1.38 bits per heavy atom. The highest BCUT2D eigenvalue weighted by Crippen LogP contribution is 2.29. The monoisotopic (exact) mass is 305 g/mol. The van der Waals surface area contributed by atoms with Crippen LogP contribution in [-0.2, 0) is 7.05 Å². The molecule has 1 aliphatic carbocycles. The zero-order valence-corrected chi connectivity index (χ0v) is 13.2. The van der Waals surface area contributed by atoms with Crippen molar-refractivity contribution in [2.24, 2.45) is 7.05 Å². The maximum Gasteiger partial charge on any atom is 0.254 e. The summed E-state index contributed by atoms with van der Waals surface area (Å²) in [7, 11) is 1.93. The standard InChI is InChI=1S/C16H20ClN3O/c1-10-9-20(2)15-13(10)14(17)12(8-18-15)16(21)19-11-6-4-3-5-7-11/h8-9,11H,3-7H2,1-2H3,(H,19,21). The molecule has 0 spiro atoms. The minimum absolute atomic E-state index is 0.107. The molecule has 0 saturated heterocycles. The van der Waals surface area contributed by atoms with Crippen molar-refractivity contribution in [3.05, 3.63) is 28.5 Å². The Balaban J connectivity index is 1.91. The average molecular weight is 306 g/mol. The molecule has 2 aromatic heterocycles. The molecule has 5 heteroatoms. The molecule has 1 fully saturated rings. The number of fused-ring (bicyclic) bond motifs is 1. The van der Waals surface area contributed by atoms with Gasteiger partial charge in [-0.2, -0.15) is 0 Å². The zero-order chi connectivity index (χ0) is 15.0. The first kappa shape index (κ1) is 14.4. The molecule has 1 N–H and O–H groups in total. The highest BCUT2D eigenvalue weighted by Gasteiger charge is 2.21. The van der Waals surface area contributed by atoms with Gasteiger partial charge in [-0.3, -0.25) is 4.79 Å². The van der Waals surface area contributed by atoms with E-state index in [2.05, 4.69) is 10.3 Å². The Kier molecular flexibility index (Phi) is 3.89. The molecule has 0 atom stereocenters. The third-order valence-electron chi connectivity index (χ3n) is 4.30. The first-order chi connectivity index (χ1) is 10.1. The second kappa shape index (κ2) is 5.68. The summed E-state index contributed by atoms with van der Waals surface area (Å²) in [4.78, 5) is 16.8. The first-order valence-corrected chi connectivity index (χ1v) is 7.86. The maximum absolute atomic E-state index is 12.5. The Morgan fingerprint density at radius 2 is 2.10 bits per heavy atom. The van der Waals surface area contributed by atoms with Crippen molar-refractivity contribution in [1.29, 1.82) is 0 Å². The highest BCUT2D eigenvalue weighted by molar-refractivity contribution is 6.38. The molecule has 21 heavy (non-hydrogen) atoms. The van der Waals surface area contributed by atoms with Crippen molar-refractivity contribution >= 4 is 28.5 Å². The third-order valence-corrected chi connectivity index (χ3v) is 4.69. The topological polar surface area (TPSA) is 46.9 Å². The van der Waals surface area contributed by atoms with Crippen molar-refractivity contribution in [2.45, 2.75) is 45.1 Å². The van der Waals surface area contributed by atoms with Crippen LogP contribution in [0.4, 0.5) is 0 Å². The Hall–Kier alpha value is -1.55. The molecule has 0 radical (unpaired) electrons. The lowest BCUT2D eigenvalue weighted by Gasteiger charge is -2.22. The molecule has 0 aliphatic heterocycles. The van der Waals surface area contributed by atoms with Crippen molar-refractivity contribution in [3.8, 4) is 0 Å². The molecule has 3 rings (SSSR count). The SMILES string of the molecule is Cc1cn(C)c2ncc(C(=O)NC3CCCCC3)c(Cl)c12. The molecule has 1 amide bonds. The summed E-state index contributed by atoms with van der Waals surface area (Å²) in [6.45, 7) is 1.98. The molecule has 1 aliphatic rings. The lowest BCUT2D eigenvalue weighted by molar-refractivity contribution is 0.0927. The van der Waals surface area contributed by atoms with Crippen LogP contribution in [0.2, 0.25) is 5.02 Å². The van der Waals surface area contributed by atoms with E-state index in [1.807, 2.05) is 24.7 Å². The fourth-order valence-electron chi connectivity index (χ4n) is 3.18. The molecule has 0 bridgehead atoms. The van der Waals surface area contributed by atoms with Crippen LogP contribution in [0.5, 0.6) is 0 Å². The largest absolute Gasteiger partial charge is 0.349 e. The van der Waals surface area contributed by atoms with Crippen molar-refractivity contribution < 1.29 is 4.79 Å². The van der Waals surface area contributed by atoms with Crippen LogP contribution in [0.1, 0.15) is 48.0 Å². The second-order valence-electron chi connectivity index (χ2n) is 5.92. The summed E-state index contributed by atoms with van der Waals surface area (Å²) < 4.78 is 1.93. The van der Waals surface area contributed by atoms with Gasteiger partial charge in [-0.05, 0) is 25.3 Å². The van der Waals surface area contributed by atoms with Crippen LogP contribution in [0.25, 0.3) is 11.0 Å². The van der Waals surface area contributed by atoms with E-state index >= 15 is 0 Å². The number of rotatable bonds is 2. The number of amides is 1. The van der Waals surface area contributed by atoms with Gasteiger partial charge < -0.3 is 9.88 Å². The van der Waals surface area contributed by atoms with Crippen molar-refractivity contribution in [1.82, 2.24) is 14.9 Å². The third kappa shape index (κ3) is 2.64. The van der Waals surface area contributed by atoms with Gasteiger partial charge in [0.15, 0.2) is 0 Å². The average Bonchev–Trinajstić information content (AvgIpc) is 2.76. The molecule has 2 heterocycles. The fraction of sp³-hybridized carbons (Fsp3) is 0.500. The lowest BCUT2D eigenvalue weighted by Crippen LogP contribution is -2.36. The molecule has 2 aromatic rings. The molecular weight excluding hydrogens is 286 g/mol. The number of pyridine rings is 1. The van der Waals surface area contributed by atoms with E-state index in [1.54, 1.807) is 6.20 Å². The van der Waals surface area contributed by atoms with Gasteiger partial charge in [-0.1, -0.05) is 30.9 Å². The molecule has 4 nitrogen and oxygen atoms in total. The summed E-state index contributed by atoms with van der Waals surface area (Å²) in [5.41, 5.74) is 2.33. The molecule has 112 valence electrons. The van der Waals surface area contributed by atoms with Gasteiger partial charge in [0.05, 0.1) is 10.6 Å². The quantitative estimate of drug-likeness (QED) is 0.921. The Morgan fingerprint density at radius 3 is 2.81 bits per heavy atom. The summed E-state index contributed by atoms with van der Waals surface area (Å²) in [6.07, 6.45) is 9.33. The van der Waals surface area contributed by atoms with E-state index in [0.717, 1.165) is 29.4 Å². The highest BCUT2D eigenvalue weighted by atomic mass is 35.5. The van der Waals surface area contributed by atoms with Gasteiger partial charge in [-0.25, -0.2) is 4.98 Å². The number of aryl methyl sites for hydroxylation is 2. The van der Waals surface area contributed by atoms with Gasteiger partial charge >= 0.3 is 0 Å². The first-order valence-electron chi connectivity index (χ1n) is 7.49. The van der Waals surface area contributed by atoms with Crippen LogP contribution in [0.15, 0.2) is 12.4 Å².